The van der Waals surface area contributed by atoms with Crippen LogP contribution >= 0.6 is 11.8 Å². The van der Waals surface area contributed by atoms with E-state index < -0.39 is 0 Å². The monoisotopic (exact) mass is 364 g/mol. The van der Waals surface area contributed by atoms with Gasteiger partial charge in [0.05, 0.1) is 0 Å². The molecule has 132 valence electrons. The zero-order valence-corrected chi connectivity index (χ0v) is 15.6. The van der Waals surface area contributed by atoms with E-state index in [1.54, 1.807) is 0 Å². The van der Waals surface area contributed by atoms with Crippen molar-refractivity contribution in [3.8, 4) is 22.5 Å². The van der Waals surface area contributed by atoms with E-state index in [0.29, 0.717) is 10.9 Å². The van der Waals surface area contributed by atoms with Crippen molar-refractivity contribution in [2.24, 2.45) is 5.73 Å². The van der Waals surface area contributed by atoms with Gasteiger partial charge in [-0.25, -0.2) is 4.98 Å². The molecule has 3 rings (SSSR count). The first kappa shape index (κ1) is 18.1. The van der Waals surface area contributed by atoms with E-state index in [0.717, 1.165) is 22.5 Å². The highest BCUT2D eigenvalue weighted by Gasteiger charge is 2.14. The Labute approximate surface area is 157 Å². The highest BCUT2D eigenvalue weighted by atomic mass is 32.2. The third-order valence-electron chi connectivity index (χ3n) is 3.90. The maximum atomic E-state index is 10.9. The number of amides is 1. The van der Waals surface area contributed by atoms with Gasteiger partial charge in [-0.05, 0) is 13.8 Å². The lowest BCUT2D eigenvalue weighted by atomic mass is 10.0. The summed E-state index contributed by atoms with van der Waals surface area (Å²) in [5, 5.41) is 9.19. The van der Waals surface area contributed by atoms with Crippen LogP contribution in [0.2, 0.25) is 0 Å². The lowest BCUT2D eigenvalue weighted by Gasteiger charge is -2.10. The number of carbonyl (C=O) groups excluding carboxylic acids is 1. The minimum Gasteiger partial charge on any atom is -0.370 e. The van der Waals surface area contributed by atoms with Gasteiger partial charge in [-0.2, -0.15) is 0 Å². The van der Waals surface area contributed by atoms with Crippen LogP contribution in [0.3, 0.4) is 0 Å². The number of aromatic nitrogens is 3. The predicted octanol–water partition coefficient (Wildman–Crippen LogP) is 3.79. The molecule has 1 heterocycles. The summed E-state index contributed by atoms with van der Waals surface area (Å²) in [5.74, 6) is 0.203. The van der Waals surface area contributed by atoms with Gasteiger partial charge in [-0.1, -0.05) is 71.4 Å². The van der Waals surface area contributed by atoms with Crippen molar-refractivity contribution >= 4 is 17.7 Å². The average molecular weight is 364 g/mol. The molecule has 0 aliphatic heterocycles. The minimum absolute atomic E-state index is 0.285. The van der Waals surface area contributed by atoms with Crippen LogP contribution in [0.15, 0.2) is 53.7 Å². The third kappa shape index (κ3) is 4.46. The molecule has 0 saturated carbocycles. The molecule has 0 spiro atoms. The van der Waals surface area contributed by atoms with E-state index in [1.807, 2.05) is 50.2 Å². The van der Waals surface area contributed by atoms with Crippen molar-refractivity contribution in [1.82, 2.24) is 15.2 Å². The van der Waals surface area contributed by atoms with Crippen molar-refractivity contribution in [3.05, 3.63) is 59.7 Å². The van der Waals surface area contributed by atoms with E-state index >= 15 is 0 Å². The first-order valence-corrected chi connectivity index (χ1v) is 9.31. The van der Waals surface area contributed by atoms with Gasteiger partial charge in [0.25, 0.3) is 0 Å². The molecule has 0 fully saturated rings. The van der Waals surface area contributed by atoms with Gasteiger partial charge >= 0.3 is 0 Å². The van der Waals surface area contributed by atoms with Crippen LogP contribution in [-0.4, -0.2) is 26.8 Å². The van der Waals surface area contributed by atoms with Gasteiger partial charge in [-0.15, -0.1) is 10.2 Å². The van der Waals surface area contributed by atoms with Crippen LogP contribution in [-0.2, 0) is 4.79 Å². The molecular weight excluding hydrogens is 344 g/mol. The molecule has 3 aromatic rings. The van der Waals surface area contributed by atoms with Gasteiger partial charge in [0.15, 0.2) is 0 Å². The molecular formula is C20H20N4OS. The van der Waals surface area contributed by atoms with Crippen LogP contribution in [0.25, 0.3) is 22.5 Å². The molecule has 0 bridgehead atoms. The average Bonchev–Trinajstić information content (AvgIpc) is 2.63. The van der Waals surface area contributed by atoms with Crippen LogP contribution < -0.4 is 5.73 Å². The molecule has 2 N–H and O–H groups in total. The number of benzene rings is 2. The second kappa shape index (κ2) is 8.10. The predicted molar refractivity (Wildman–Crippen MR) is 105 cm³/mol. The SMILES string of the molecule is Cc1ccc(-c2nnc(SCCC(N)=O)nc2-c2ccc(C)cc2)cc1. The summed E-state index contributed by atoms with van der Waals surface area (Å²) in [6.45, 7) is 4.10. The lowest BCUT2D eigenvalue weighted by molar-refractivity contribution is -0.117. The van der Waals surface area contributed by atoms with Crippen molar-refractivity contribution < 1.29 is 4.79 Å². The number of aryl methyl sites for hydroxylation is 2. The number of nitrogens with zero attached hydrogens (tertiary/aromatic N) is 3. The smallest absolute Gasteiger partial charge is 0.218 e. The molecule has 26 heavy (non-hydrogen) atoms. The normalized spacial score (nSPS) is 10.7. The Bertz CT molecular complexity index is 908. The molecule has 0 saturated heterocycles. The lowest BCUT2D eigenvalue weighted by Crippen LogP contribution is -2.11. The topological polar surface area (TPSA) is 81.8 Å². The summed E-state index contributed by atoms with van der Waals surface area (Å²) < 4.78 is 0. The number of primary amides is 1. The van der Waals surface area contributed by atoms with Crippen molar-refractivity contribution in [3.63, 3.8) is 0 Å². The molecule has 0 unspecified atom stereocenters. The summed E-state index contributed by atoms with van der Waals surface area (Å²) in [6.07, 6.45) is 0.285. The molecule has 0 radical (unpaired) electrons. The Balaban J connectivity index is 2.01. The zero-order valence-electron chi connectivity index (χ0n) is 14.8. The fourth-order valence-electron chi connectivity index (χ4n) is 2.43. The van der Waals surface area contributed by atoms with E-state index in [4.69, 9.17) is 10.7 Å². The summed E-state index contributed by atoms with van der Waals surface area (Å²) in [7, 11) is 0. The van der Waals surface area contributed by atoms with E-state index in [1.165, 1.54) is 22.9 Å². The van der Waals surface area contributed by atoms with Crippen LogP contribution in [0.1, 0.15) is 17.5 Å². The van der Waals surface area contributed by atoms with Crippen molar-refractivity contribution in [2.75, 3.05) is 5.75 Å². The van der Waals surface area contributed by atoms with E-state index in [9.17, 15) is 4.79 Å². The summed E-state index contributed by atoms with van der Waals surface area (Å²) in [5.41, 5.74) is 11.0. The molecule has 6 heteroatoms. The quantitative estimate of drug-likeness (QED) is 0.673. The summed E-state index contributed by atoms with van der Waals surface area (Å²) in [6, 6.07) is 16.3. The Hall–Kier alpha value is -2.73. The fraction of sp³-hybridized carbons (Fsp3) is 0.200. The van der Waals surface area contributed by atoms with Crippen molar-refractivity contribution in [1.29, 1.82) is 0 Å². The number of carbonyl (C=O) groups is 1. The van der Waals surface area contributed by atoms with Gasteiger partial charge in [-0.3, -0.25) is 4.79 Å². The maximum absolute atomic E-state index is 10.9. The summed E-state index contributed by atoms with van der Waals surface area (Å²) in [4.78, 5) is 15.6. The minimum atomic E-state index is -0.333. The maximum Gasteiger partial charge on any atom is 0.218 e. The molecule has 0 aliphatic rings. The zero-order chi connectivity index (χ0) is 18.5. The molecule has 5 nitrogen and oxygen atoms in total. The first-order chi connectivity index (χ1) is 12.5. The fourth-order valence-corrected chi connectivity index (χ4v) is 3.17. The number of rotatable bonds is 6. The van der Waals surface area contributed by atoms with Gasteiger partial charge in [0.2, 0.25) is 11.1 Å². The summed E-state index contributed by atoms with van der Waals surface area (Å²) >= 11 is 1.38. The van der Waals surface area contributed by atoms with Crippen molar-refractivity contribution in [2.45, 2.75) is 25.4 Å². The first-order valence-electron chi connectivity index (χ1n) is 8.33. The Morgan fingerprint density at radius 2 is 1.42 bits per heavy atom. The molecule has 1 amide bonds. The van der Waals surface area contributed by atoms with E-state index in [-0.39, 0.29) is 12.3 Å². The van der Waals surface area contributed by atoms with Gasteiger partial charge < -0.3 is 5.73 Å². The Kier molecular flexibility index (Phi) is 5.63. The highest BCUT2D eigenvalue weighted by molar-refractivity contribution is 7.99. The number of thioether (sulfide) groups is 1. The van der Waals surface area contributed by atoms with Crippen LogP contribution in [0.5, 0.6) is 0 Å². The Morgan fingerprint density at radius 3 is 1.96 bits per heavy atom. The molecule has 1 aromatic heterocycles. The largest absolute Gasteiger partial charge is 0.370 e. The van der Waals surface area contributed by atoms with Crippen LogP contribution in [0, 0.1) is 13.8 Å². The third-order valence-corrected chi connectivity index (χ3v) is 4.74. The van der Waals surface area contributed by atoms with E-state index in [2.05, 4.69) is 22.3 Å². The molecule has 2 aromatic carbocycles. The Morgan fingerprint density at radius 1 is 0.885 bits per heavy atom. The number of hydrogen-bond acceptors (Lipinski definition) is 5. The second-order valence-corrected chi connectivity index (χ2v) is 7.15. The van der Waals surface area contributed by atoms with Crippen LogP contribution in [0.4, 0.5) is 0 Å². The second-order valence-electron chi connectivity index (χ2n) is 6.09. The van der Waals surface area contributed by atoms with Gasteiger partial charge in [0.1, 0.15) is 11.4 Å². The highest BCUT2D eigenvalue weighted by Crippen LogP contribution is 2.30. The molecule has 0 atom stereocenters. The molecule has 0 aliphatic carbocycles. The number of nitrogens with two attached hydrogens (primary N) is 1. The standard InChI is InChI=1S/C20H20N4OS/c1-13-3-7-15(8-4-13)18-19(16-9-5-14(2)6-10-16)23-24-20(22-18)26-12-11-17(21)25/h3-10H,11-12H2,1-2H3,(H2,21,25). The van der Waals surface area contributed by atoms with Gasteiger partial charge in [0, 0.05) is 23.3 Å². The number of hydrogen-bond donors (Lipinski definition) is 1.